The molecule has 1 aromatic carbocycles. The average molecular weight is 317 g/mol. The second-order valence-corrected chi connectivity index (χ2v) is 5.14. The van der Waals surface area contributed by atoms with Crippen molar-refractivity contribution >= 4 is 24.9 Å². The van der Waals surface area contributed by atoms with Gasteiger partial charge in [-0.15, -0.1) is 5.10 Å². The van der Waals surface area contributed by atoms with Crippen molar-refractivity contribution in [3.63, 3.8) is 0 Å². The van der Waals surface area contributed by atoms with Gasteiger partial charge in [-0.05, 0) is 18.1 Å². The number of ketones is 1. The van der Waals surface area contributed by atoms with E-state index in [1.165, 1.54) is 6.07 Å². The molecule has 0 saturated carbocycles. The maximum Gasteiger partial charge on any atom is 0.526 e. The molecule has 0 spiro atoms. The maximum atomic E-state index is 12.0. The third kappa shape index (κ3) is 2.88. The Morgan fingerprint density at radius 3 is 2.83 bits per heavy atom. The molecule has 118 valence electrons. The van der Waals surface area contributed by atoms with Gasteiger partial charge in [-0.25, -0.2) is 4.79 Å². The number of aromatic nitrogens is 2. The van der Waals surface area contributed by atoms with E-state index < -0.39 is 24.7 Å². The predicted molar refractivity (Wildman–Crippen MR) is 77.1 cm³/mol. The molecule has 23 heavy (non-hydrogen) atoms. The van der Waals surface area contributed by atoms with Crippen molar-refractivity contribution in [3.8, 4) is 5.75 Å². The van der Waals surface area contributed by atoms with Gasteiger partial charge in [0.25, 0.3) is 5.89 Å². The summed E-state index contributed by atoms with van der Waals surface area (Å²) >= 11 is 0. The standard InChI is InChI=1S/C13H12BN3O6/c15-13-17-16-11(22-13)9(18)5-7-4-6-2-1-3-8(12(19)20)10(6)23-14(7)21/h1-3,7,21H,4-5H2,(H2,15,17)(H,19,20)/t7-/m1/s1. The van der Waals surface area contributed by atoms with Crippen LogP contribution in [0.3, 0.4) is 0 Å². The maximum absolute atomic E-state index is 12.0. The fraction of sp³-hybridized carbons (Fsp3) is 0.231. The van der Waals surface area contributed by atoms with Crippen molar-refractivity contribution < 1.29 is 28.8 Å². The third-order valence-electron chi connectivity index (χ3n) is 3.58. The molecule has 9 nitrogen and oxygen atoms in total. The van der Waals surface area contributed by atoms with Crippen LogP contribution in [-0.2, 0) is 6.42 Å². The fourth-order valence-corrected chi connectivity index (χ4v) is 2.50. The zero-order chi connectivity index (χ0) is 16.6. The molecule has 2 heterocycles. The first kappa shape index (κ1) is 15.0. The number of Topliss-reactive ketones (excluding diaryl/α,β-unsaturated/α-hetero) is 1. The second kappa shape index (κ2) is 5.73. The summed E-state index contributed by atoms with van der Waals surface area (Å²) in [4.78, 5) is 23.2. The minimum absolute atomic E-state index is 0.0315. The van der Waals surface area contributed by atoms with Crippen molar-refractivity contribution in [2.24, 2.45) is 0 Å². The third-order valence-corrected chi connectivity index (χ3v) is 3.58. The number of hydrogen-bond acceptors (Lipinski definition) is 8. The Hall–Kier alpha value is -2.88. The normalized spacial score (nSPS) is 16.6. The van der Waals surface area contributed by atoms with Crippen LogP contribution in [0.5, 0.6) is 5.75 Å². The number of carbonyl (C=O) groups excluding carboxylic acids is 1. The van der Waals surface area contributed by atoms with E-state index in [2.05, 4.69) is 10.2 Å². The number of fused-ring (bicyclic) bond motifs is 1. The molecule has 0 unspecified atom stereocenters. The first-order chi connectivity index (χ1) is 11.0. The highest BCUT2D eigenvalue weighted by Crippen LogP contribution is 2.36. The van der Waals surface area contributed by atoms with Crippen LogP contribution in [0.4, 0.5) is 6.01 Å². The molecular weight excluding hydrogens is 305 g/mol. The van der Waals surface area contributed by atoms with E-state index in [0.29, 0.717) is 5.56 Å². The molecule has 0 amide bonds. The number of carbonyl (C=O) groups is 2. The first-order valence-electron chi connectivity index (χ1n) is 6.77. The Bertz CT molecular complexity index is 777. The number of anilines is 1. The van der Waals surface area contributed by atoms with Crippen LogP contribution in [0.1, 0.15) is 33.0 Å². The van der Waals surface area contributed by atoms with Crippen LogP contribution in [0, 0.1) is 0 Å². The average Bonchev–Trinajstić information content (AvgIpc) is 2.94. The Kier molecular flexibility index (Phi) is 3.74. The number of benzene rings is 1. The lowest BCUT2D eigenvalue weighted by Gasteiger charge is -2.27. The predicted octanol–water partition coefficient (Wildman–Crippen LogP) is 0.409. The molecule has 1 aromatic heterocycles. The summed E-state index contributed by atoms with van der Waals surface area (Å²) in [5.41, 5.74) is 5.84. The zero-order valence-corrected chi connectivity index (χ0v) is 11.8. The second-order valence-electron chi connectivity index (χ2n) is 5.14. The molecule has 2 aromatic rings. The van der Waals surface area contributed by atoms with Crippen LogP contribution in [0.15, 0.2) is 22.6 Å². The fourth-order valence-electron chi connectivity index (χ4n) is 2.50. The van der Waals surface area contributed by atoms with Crippen LogP contribution < -0.4 is 10.4 Å². The van der Waals surface area contributed by atoms with Crippen LogP contribution in [0.2, 0.25) is 5.82 Å². The molecule has 1 atom stereocenters. The molecular formula is C13H12BN3O6. The number of carboxylic acid groups (broad SMARTS) is 1. The Morgan fingerprint density at radius 1 is 1.39 bits per heavy atom. The number of nitrogens with two attached hydrogens (primary N) is 1. The van der Waals surface area contributed by atoms with E-state index in [4.69, 9.17) is 19.9 Å². The molecule has 0 fully saturated rings. The Balaban J connectivity index is 1.80. The van der Waals surface area contributed by atoms with E-state index in [0.717, 1.165) is 0 Å². The largest absolute Gasteiger partial charge is 0.535 e. The number of hydrogen-bond donors (Lipinski definition) is 3. The monoisotopic (exact) mass is 317 g/mol. The summed E-state index contributed by atoms with van der Waals surface area (Å²) in [6.07, 6.45) is 0.187. The first-order valence-corrected chi connectivity index (χ1v) is 6.77. The van der Waals surface area contributed by atoms with Gasteiger partial charge in [0.15, 0.2) is 0 Å². The lowest BCUT2D eigenvalue weighted by molar-refractivity contribution is 0.0693. The van der Waals surface area contributed by atoms with E-state index in [1.54, 1.807) is 12.1 Å². The van der Waals surface area contributed by atoms with Gasteiger partial charge in [-0.3, -0.25) is 4.79 Å². The summed E-state index contributed by atoms with van der Waals surface area (Å²) in [5.74, 6) is -2.30. The van der Waals surface area contributed by atoms with Crippen molar-refractivity contribution in [3.05, 3.63) is 35.2 Å². The minimum Gasteiger partial charge on any atom is -0.535 e. The van der Waals surface area contributed by atoms with Gasteiger partial charge in [0, 0.05) is 12.2 Å². The van der Waals surface area contributed by atoms with Crippen LogP contribution in [-0.4, -0.2) is 39.2 Å². The van der Waals surface area contributed by atoms with Crippen molar-refractivity contribution in [2.75, 3.05) is 5.73 Å². The van der Waals surface area contributed by atoms with Crippen LogP contribution >= 0.6 is 0 Å². The smallest absolute Gasteiger partial charge is 0.526 e. The highest BCUT2D eigenvalue weighted by atomic mass is 16.5. The van der Waals surface area contributed by atoms with Gasteiger partial charge < -0.3 is 24.9 Å². The van der Waals surface area contributed by atoms with E-state index in [9.17, 15) is 14.6 Å². The summed E-state index contributed by atoms with van der Waals surface area (Å²) in [5, 5.41) is 26.1. The summed E-state index contributed by atoms with van der Waals surface area (Å²) in [7, 11) is -1.31. The minimum atomic E-state index is -1.31. The van der Waals surface area contributed by atoms with Gasteiger partial charge in [-0.1, -0.05) is 17.2 Å². The Labute approximate surface area is 130 Å². The van der Waals surface area contributed by atoms with Gasteiger partial charge in [0.1, 0.15) is 5.75 Å². The lowest BCUT2D eigenvalue weighted by atomic mass is 9.64. The quantitative estimate of drug-likeness (QED) is 0.538. The van der Waals surface area contributed by atoms with Crippen molar-refractivity contribution in [1.82, 2.24) is 10.2 Å². The molecule has 3 rings (SSSR count). The number of nitrogens with zero attached hydrogens (tertiary/aromatic N) is 2. The SMILES string of the molecule is Nc1nnc(C(=O)C[C@H]2Cc3cccc(C(=O)O)c3OB2O)o1. The van der Waals surface area contributed by atoms with E-state index in [1.807, 2.05) is 0 Å². The summed E-state index contributed by atoms with van der Waals surface area (Å²) < 4.78 is 10.2. The van der Waals surface area contributed by atoms with Crippen molar-refractivity contribution in [2.45, 2.75) is 18.7 Å². The van der Waals surface area contributed by atoms with Gasteiger partial charge >= 0.3 is 19.1 Å². The molecule has 0 aliphatic carbocycles. The van der Waals surface area contributed by atoms with Gasteiger partial charge in [0.2, 0.25) is 5.78 Å². The van der Waals surface area contributed by atoms with Crippen molar-refractivity contribution in [1.29, 1.82) is 0 Å². The highest BCUT2D eigenvalue weighted by molar-refractivity contribution is 6.47. The number of para-hydroxylation sites is 1. The van der Waals surface area contributed by atoms with Crippen LogP contribution in [0.25, 0.3) is 0 Å². The molecule has 4 N–H and O–H groups in total. The Morgan fingerprint density at radius 2 is 2.17 bits per heavy atom. The number of nitrogen functional groups attached to an aromatic ring is 1. The van der Waals surface area contributed by atoms with Gasteiger partial charge in [0.05, 0.1) is 5.56 Å². The summed E-state index contributed by atoms with van der Waals surface area (Å²) in [6, 6.07) is 4.45. The molecule has 0 saturated heterocycles. The lowest BCUT2D eigenvalue weighted by Crippen LogP contribution is -2.35. The van der Waals surface area contributed by atoms with Gasteiger partial charge in [-0.2, -0.15) is 0 Å². The molecule has 10 heteroatoms. The highest BCUT2D eigenvalue weighted by Gasteiger charge is 2.38. The topological polar surface area (TPSA) is 149 Å². The number of rotatable bonds is 4. The molecule has 1 aliphatic heterocycles. The van der Waals surface area contributed by atoms with E-state index in [-0.39, 0.29) is 36.1 Å². The molecule has 0 bridgehead atoms. The molecule has 0 radical (unpaired) electrons. The zero-order valence-electron chi connectivity index (χ0n) is 11.8. The number of carboxylic acids is 1. The number of aromatic carboxylic acids is 1. The van der Waals surface area contributed by atoms with E-state index >= 15 is 0 Å². The summed E-state index contributed by atoms with van der Waals surface area (Å²) in [6.45, 7) is 0. The molecule has 1 aliphatic rings.